The topological polar surface area (TPSA) is 41.6 Å². The van der Waals surface area contributed by atoms with Crippen LogP contribution >= 0.6 is 0 Å². The quantitative estimate of drug-likeness (QED) is 0.784. The molecule has 2 aromatic carbocycles. The summed E-state index contributed by atoms with van der Waals surface area (Å²) in [5.74, 6) is 1.02. The van der Waals surface area contributed by atoms with Gasteiger partial charge in [0, 0.05) is 11.7 Å². The number of benzene rings is 2. The molecule has 2 aliphatic rings. The highest BCUT2D eigenvalue weighted by Gasteiger charge is 2.41. The van der Waals surface area contributed by atoms with Crippen LogP contribution in [-0.4, -0.2) is 23.5 Å². The highest BCUT2D eigenvalue weighted by molar-refractivity contribution is 6.02. The maximum absolute atomic E-state index is 13.0. The van der Waals surface area contributed by atoms with Gasteiger partial charge in [-0.25, -0.2) is 0 Å². The fourth-order valence-electron chi connectivity index (χ4n) is 3.32. The Morgan fingerprint density at radius 2 is 1.88 bits per heavy atom. The molecule has 0 unspecified atom stereocenters. The summed E-state index contributed by atoms with van der Waals surface area (Å²) in [5, 5.41) is 3.55. The van der Waals surface area contributed by atoms with E-state index in [1.165, 1.54) is 0 Å². The number of nitrogens with zero attached hydrogens (tertiary/aromatic N) is 1. The van der Waals surface area contributed by atoms with Crippen LogP contribution in [0, 0.1) is 0 Å². The molecule has 4 rings (SSSR count). The molecule has 1 aliphatic heterocycles. The molecule has 0 radical (unpaired) electrons. The Morgan fingerprint density at radius 1 is 1.12 bits per heavy atom. The Labute approximate surface area is 148 Å². The van der Waals surface area contributed by atoms with E-state index in [0.29, 0.717) is 6.04 Å². The molecule has 1 fully saturated rings. The zero-order valence-corrected chi connectivity index (χ0v) is 14.6. The molecule has 4 heteroatoms. The zero-order valence-electron chi connectivity index (χ0n) is 14.6. The zero-order chi connectivity index (χ0) is 17.2. The average molecular weight is 336 g/mol. The number of carbonyl (C=O) groups is 1. The molecule has 0 aromatic heterocycles. The maximum atomic E-state index is 13.0. The third-order valence-corrected chi connectivity index (χ3v) is 4.87. The number of amides is 1. The Morgan fingerprint density at radius 3 is 2.60 bits per heavy atom. The number of anilines is 1. The number of hydrogen-bond acceptors (Lipinski definition) is 3. The van der Waals surface area contributed by atoms with Crippen molar-refractivity contribution in [2.45, 2.75) is 44.8 Å². The molecular formula is C21H24N2O2. The minimum Gasteiger partial charge on any atom is -0.494 e. The predicted molar refractivity (Wildman–Crippen MR) is 98.8 cm³/mol. The van der Waals surface area contributed by atoms with Crippen LogP contribution in [0.2, 0.25) is 0 Å². The van der Waals surface area contributed by atoms with E-state index in [9.17, 15) is 4.79 Å². The third-order valence-electron chi connectivity index (χ3n) is 4.87. The molecule has 1 N–H and O–H groups in total. The lowest BCUT2D eigenvalue weighted by molar-refractivity contribution is 0.0666. The van der Waals surface area contributed by atoms with Crippen LogP contribution in [-0.2, 0) is 0 Å². The lowest BCUT2D eigenvalue weighted by Gasteiger charge is -2.38. The van der Waals surface area contributed by atoms with Crippen molar-refractivity contribution in [3.8, 4) is 5.75 Å². The minimum atomic E-state index is -0.111. The second-order valence-electron chi connectivity index (χ2n) is 6.81. The molecule has 2 aromatic rings. The summed E-state index contributed by atoms with van der Waals surface area (Å²) in [7, 11) is 0. The first kappa shape index (κ1) is 16.0. The number of rotatable bonds is 6. The van der Waals surface area contributed by atoms with Gasteiger partial charge in [0.25, 0.3) is 5.91 Å². The summed E-state index contributed by atoms with van der Waals surface area (Å²) < 4.78 is 5.75. The molecule has 1 saturated carbocycles. The number of hydrogen-bond donors (Lipinski definition) is 1. The maximum Gasteiger partial charge on any atom is 0.258 e. The van der Waals surface area contributed by atoms with Gasteiger partial charge in [0.05, 0.1) is 12.2 Å². The predicted octanol–water partition coefficient (Wildman–Crippen LogP) is 4.59. The van der Waals surface area contributed by atoms with Gasteiger partial charge in [-0.2, -0.15) is 0 Å². The molecule has 1 amide bonds. The molecule has 0 bridgehead atoms. The van der Waals surface area contributed by atoms with Crippen molar-refractivity contribution < 1.29 is 9.53 Å². The van der Waals surface area contributed by atoms with Crippen LogP contribution in [0.3, 0.4) is 0 Å². The lowest BCUT2D eigenvalue weighted by atomic mass is 10.0. The number of ether oxygens (including phenoxy) is 1. The fraction of sp³-hybridized carbons (Fsp3) is 0.381. The molecule has 1 atom stereocenters. The molecule has 25 heavy (non-hydrogen) atoms. The van der Waals surface area contributed by atoms with E-state index in [-0.39, 0.29) is 12.1 Å². The Balaban J connectivity index is 1.59. The molecular weight excluding hydrogens is 312 g/mol. The third kappa shape index (κ3) is 3.21. The van der Waals surface area contributed by atoms with Crippen molar-refractivity contribution in [2.75, 3.05) is 11.9 Å². The number of carbonyl (C=O) groups excluding carboxylic acids is 1. The van der Waals surface area contributed by atoms with E-state index in [2.05, 4.69) is 24.4 Å². The van der Waals surface area contributed by atoms with Gasteiger partial charge in [-0.15, -0.1) is 0 Å². The number of para-hydroxylation sites is 1. The summed E-state index contributed by atoms with van der Waals surface area (Å²) in [6.45, 7) is 2.90. The summed E-state index contributed by atoms with van der Waals surface area (Å²) >= 11 is 0. The molecule has 1 heterocycles. The van der Waals surface area contributed by atoms with Gasteiger partial charge in [0.2, 0.25) is 0 Å². The second-order valence-corrected chi connectivity index (χ2v) is 6.81. The summed E-state index contributed by atoms with van der Waals surface area (Å²) in [4.78, 5) is 15.0. The molecule has 130 valence electrons. The summed E-state index contributed by atoms with van der Waals surface area (Å²) in [6.07, 6.45) is 4.25. The molecule has 0 spiro atoms. The van der Waals surface area contributed by atoms with Gasteiger partial charge in [-0.05, 0) is 49.1 Å². The van der Waals surface area contributed by atoms with E-state index in [1.807, 2.05) is 41.3 Å². The number of unbranched alkanes of at least 4 members (excludes halogenated alkanes) is 1. The lowest BCUT2D eigenvalue weighted by Crippen LogP contribution is -2.44. The van der Waals surface area contributed by atoms with Crippen molar-refractivity contribution >= 4 is 11.6 Å². The van der Waals surface area contributed by atoms with Crippen molar-refractivity contribution in [1.82, 2.24) is 4.90 Å². The van der Waals surface area contributed by atoms with Crippen LogP contribution in [0.25, 0.3) is 0 Å². The monoisotopic (exact) mass is 336 g/mol. The van der Waals surface area contributed by atoms with Crippen molar-refractivity contribution in [3.05, 3.63) is 59.7 Å². The van der Waals surface area contributed by atoms with Crippen molar-refractivity contribution in [2.24, 2.45) is 0 Å². The highest BCUT2D eigenvalue weighted by atomic mass is 16.5. The first-order valence-corrected chi connectivity index (χ1v) is 9.19. The normalized spacial score (nSPS) is 19.3. The van der Waals surface area contributed by atoms with Gasteiger partial charge in [-0.1, -0.05) is 37.6 Å². The number of fused-ring (bicyclic) bond motifs is 1. The second kappa shape index (κ2) is 6.79. The Hall–Kier alpha value is -2.49. The minimum absolute atomic E-state index is 0.111. The molecule has 1 aliphatic carbocycles. The van der Waals surface area contributed by atoms with Crippen LogP contribution in [0.4, 0.5) is 5.69 Å². The first-order valence-electron chi connectivity index (χ1n) is 9.19. The summed E-state index contributed by atoms with van der Waals surface area (Å²) in [6, 6.07) is 16.3. The fourth-order valence-corrected chi connectivity index (χ4v) is 3.32. The SMILES string of the molecule is CCCCOc1ccc([C@@H]2Nc3ccccc3C(=O)N2C2CC2)cc1. The smallest absolute Gasteiger partial charge is 0.258 e. The van der Waals surface area contributed by atoms with Gasteiger partial charge in [0.1, 0.15) is 11.9 Å². The van der Waals surface area contributed by atoms with Gasteiger partial charge in [0.15, 0.2) is 0 Å². The Kier molecular flexibility index (Phi) is 4.35. The molecule has 0 saturated heterocycles. The van der Waals surface area contributed by atoms with Crippen LogP contribution in [0.15, 0.2) is 48.5 Å². The van der Waals surface area contributed by atoms with E-state index in [1.54, 1.807) is 0 Å². The van der Waals surface area contributed by atoms with Crippen molar-refractivity contribution in [1.29, 1.82) is 0 Å². The van der Waals surface area contributed by atoms with E-state index in [0.717, 1.165) is 54.9 Å². The largest absolute Gasteiger partial charge is 0.494 e. The van der Waals surface area contributed by atoms with Gasteiger partial charge >= 0.3 is 0 Å². The van der Waals surface area contributed by atoms with Crippen LogP contribution in [0.1, 0.15) is 54.7 Å². The average Bonchev–Trinajstić information content (AvgIpc) is 3.47. The van der Waals surface area contributed by atoms with Gasteiger partial charge in [-0.3, -0.25) is 4.79 Å². The van der Waals surface area contributed by atoms with E-state index < -0.39 is 0 Å². The molecule has 4 nitrogen and oxygen atoms in total. The van der Waals surface area contributed by atoms with Crippen LogP contribution in [0.5, 0.6) is 5.75 Å². The number of nitrogens with one attached hydrogen (secondary N) is 1. The Bertz CT molecular complexity index is 753. The van der Waals surface area contributed by atoms with Crippen LogP contribution < -0.4 is 10.1 Å². The van der Waals surface area contributed by atoms with Gasteiger partial charge < -0.3 is 15.0 Å². The van der Waals surface area contributed by atoms with E-state index in [4.69, 9.17) is 4.74 Å². The standard InChI is InChI=1S/C21H24N2O2/c1-2-3-14-25-17-12-8-15(9-13-17)20-22-19-7-5-4-6-18(19)21(24)23(20)16-10-11-16/h4-9,12-13,16,20,22H,2-3,10-11,14H2,1H3/t20-/m1/s1. The highest BCUT2D eigenvalue weighted by Crippen LogP contribution is 2.40. The summed E-state index contributed by atoms with van der Waals surface area (Å²) in [5.41, 5.74) is 2.78. The van der Waals surface area contributed by atoms with Crippen molar-refractivity contribution in [3.63, 3.8) is 0 Å². The first-order chi connectivity index (χ1) is 12.3. The van der Waals surface area contributed by atoms with E-state index >= 15 is 0 Å².